The largest absolute Gasteiger partial charge is 0.322 e. The lowest BCUT2D eigenvalue weighted by Gasteiger charge is -2.11. The first-order chi connectivity index (χ1) is 8.99. The first kappa shape index (κ1) is 13.3. The van der Waals surface area contributed by atoms with E-state index < -0.39 is 0 Å². The number of hydrogen-bond donors (Lipinski definition) is 1. The number of hydrogen-bond acceptors (Lipinski definition) is 2. The van der Waals surface area contributed by atoms with Crippen molar-refractivity contribution in [3.05, 3.63) is 58.4 Å². The van der Waals surface area contributed by atoms with Crippen molar-refractivity contribution in [2.24, 2.45) is 0 Å². The molecule has 0 bridgehead atoms. The van der Waals surface area contributed by atoms with Crippen molar-refractivity contribution in [3.63, 3.8) is 0 Å². The number of nitrogens with one attached hydrogen (secondary N) is 1. The molecule has 3 heteroatoms. The third kappa shape index (κ3) is 2.81. The Balaban J connectivity index is 2.28. The van der Waals surface area contributed by atoms with Gasteiger partial charge in [0.25, 0.3) is 5.91 Å². The van der Waals surface area contributed by atoms with Gasteiger partial charge in [0.15, 0.2) is 0 Å². The summed E-state index contributed by atoms with van der Waals surface area (Å²) in [5.74, 6) is -0.0880. The van der Waals surface area contributed by atoms with Crippen LogP contribution < -0.4 is 5.32 Å². The second-order valence-electron chi connectivity index (χ2n) is 4.84. The maximum Gasteiger partial charge on any atom is 0.256 e. The Kier molecular flexibility index (Phi) is 3.65. The van der Waals surface area contributed by atoms with Crippen LogP contribution in [0.25, 0.3) is 0 Å². The second kappa shape index (κ2) is 5.22. The summed E-state index contributed by atoms with van der Waals surface area (Å²) in [5, 5.41) is 2.96. The van der Waals surface area contributed by atoms with Gasteiger partial charge in [-0.15, -0.1) is 0 Å². The first-order valence-corrected chi connectivity index (χ1v) is 6.30. The molecule has 98 valence electrons. The average Bonchev–Trinajstić information content (AvgIpc) is 2.36. The van der Waals surface area contributed by atoms with Gasteiger partial charge in [-0.05, 0) is 51.0 Å². The molecule has 1 heterocycles. The lowest BCUT2D eigenvalue weighted by Crippen LogP contribution is -2.15. The van der Waals surface area contributed by atoms with E-state index in [1.165, 1.54) is 5.56 Å². The highest BCUT2D eigenvalue weighted by Crippen LogP contribution is 2.18. The number of amides is 1. The molecule has 0 radical (unpaired) electrons. The van der Waals surface area contributed by atoms with E-state index in [0.29, 0.717) is 5.56 Å². The maximum atomic E-state index is 12.3. The number of carbonyl (C=O) groups is 1. The number of carbonyl (C=O) groups excluding carboxylic acids is 1. The summed E-state index contributed by atoms with van der Waals surface area (Å²) in [6.07, 6.45) is 1.67. The standard InChI is InChI=1S/C16H18N2O/c1-10-5-6-15(11(2)9-10)18-16(19)14-7-8-17-13(4)12(14)3/h5-9H,1-4H3,(H,18,19). The number of benzene rings is 1. The molecule has 0 aliphatic heterocycles. The van der Waals surface area contributed by atoms with E-state index >= 15 is 0 Å². The minimum Gasteiger partial charge on any atom is -0.322 e. The molecule has 0 saturated heterocycles. The number of aromatic nitrogens is 1. The van der Waals surface area contributed by atoms with Crippen molar-refractivity contribution in [3.8, 4) is 0 Å². The Morgan fingerprint density at radius 2 is 1.84 bits per heavy atom. The Morgan fingerprint density at radius 3 is 2.53 bits per heavy atom. The van der Waals surface area contributed by atoms with E-state index in [1.54, 1.807) is 12.3 Å². The molecule has 0 unspecified atom stereocenters. The monoisotopic (exact) mass is 254 g/mol. The normalized spacial score (nSPS) is 10.3. The van der Waals surface area contributed by atoms with E-state index in [9.17, 15) is 4.79 Å². The third-order valence-electron chi connectivity index (χ3n) is 3.33. The van der Waals surface area contributed by atoms with Crippen LogP contribution in [0.1, 0.15) is 32.7 Å². The van der Waals surface area contributed by atoms with Crippen LogP contribution >= 0.6 is 0 Å². The van der Waals surface area contributed by atoms with Gasteiger partial charge in [-0.25, -0.2) is 0 Å². The molecule has 0 aliphatic carbocycles. The van der Waals surface area contributed by atoms with Gasteiger partial charge in [-0.3, -0.25) is 9.78 Å². The number of rotatable bonds is 2. The number of anilines is 1. The quantitative estimate of drug-likeness (QED) is 0.890. The van der Waals surface area contributed by atoms with Gasteiger partial charge in [-0.2, -0.15) is 0 Å². The van der Waals surface area contributed by atoms with Gasteiger partial charge in [0.05, 0.1) is 0 Å². The van der Waals surface area contributed by atoms with Gasteiger partial charge in [0, 0.05) is 23.1 Å². The van der Waals surface area contributed by atoms with Crippen molar-refractivity contribution in [1.29, 1.82) is 0 Å². The summed E-state index contributed by atoms with van der Waals surface area (Å²) >= 11 is 0. The Bertz CT molecular complexity index is 633. The predicted octanol–water partition coefficient (Wildman–Crippen LogP) is 3.57. The summed E-state index contributed by atoms with van der Waals surface area (Å²) in [4.78, 5) is 16.5. The van der Waals surface area contributed by atoms with E-state index in [-0.39, 0.29) is 5.91 Å². The third-order valence-corrected chi connectivity index (χ3v) is 3.33. The highest BCUT2D eigenvalue weighted by Gasteiger charge is 2.11. The van der Waals surface area contributed by atoms with E-state index in [1.807, 2.05) is 39.8 Å². The maximum absolute atomic E-state index is 12.3. The number of aryl methyl sites for hydroxylation is 3. The lowest BCUT2D eigenvalue weighted by atomic mass is 10.1. The summed E-state index contributed by atoms with van der Waals surface area (Å²) in [7, 11) is 0. The Hall–Kier alpha value is -2.16. The molecule has 1 amide bonds. The molecule has 2 aromatic rings. The summed E-state index contributed by atoms with van der Waals surface area (Å²) in [6, 6.07) is 7.74. The van der Waals surface area contributed by atoms with Crippen LogP contribution in [0.5, 0.6) is 0 Å². The van der Waals surface area contributed by atoms with Gasteiger partial charge in [0.2, 0.25) is 0 Å². The van der Waals surface area contributed by atoms with Gasteiger partial charge >= 0.3 is 0 Å². The minimum absolute atomic E-state index is 0.0880. The van der Waals surface area contributed by atoms with Crippen LogP contribution in [0.3, 0.4) is 0 Å². The van der Waals surface area contributed by atoms with Crippen molar-refractivity contribution >= 4 is 11.6 Å². The SMILES string of the molecule is Cc1ccc(NC(=O)c2ccnc(C)c2C)c(C)c1. The van der Waals surface area contributed by atoms with Crippen molar-refractivity contribution in [2.75, 3.05) is 5.32 Å². The number of nitrogens with zero attached hydrogens (tertiary/aromatic N) is 1. The molecule has 19 heavy (non-hydrogen) atoms. The van der Waals surface area contributed by atoms with Crippen LogP contribution in [0, 0.1) is 27.7 Å². The average molecular weight is 254 g/mol. The fourth-order valence-corrected chi connectivity index (χ4v) is 2.03. The van der Waals surface area contributed by atoms with Crippen LogP contribution in [-0.4, -0.2) is 10.9 Å². The van der Waals surface area contributed by atoms with Crippen molar-refractivity contribution < 1.29 is 4.79 Å². The van der Waals surface area contributed by atoms with Crippen molar-refractivity contribution in [1.82, 2.24) is 4.98 Å². The fourth-order valence-electron chi connectivity index (χ4n) is 2.03. The molecule has 0 atom stereocenters. The minimum atomic E-state index is -0.0880. The molecule has 0 spiro atoms. The zero-order valence-corrected chi connectivity index (χ0v) is 11.7. The number of pyridine rings is 1. The topological polar surface area (TPSA) is 42.0 Å². The van der Waals surface area contributed by atoms with E-state index in [4.69, 9.17) is 0 Å². The summed E-state index contributed by atoms with van der Waals surface area (Å²) < 4.78 is 0. The van der Waals surface area contributed by atoms with E-state index in [2.05, 4.69) is 16.4 Å². The smallest absolute Gasteiger partial charge is 0.256 e. The van der Waals surface area contributed by atoms with Gasteiger partial charge < -0.3 is 5.32 Å². The summed E-state index contributed by atoms with van der Waals surface area (Å²) in [5.41, 5.74) is 5.58. The van der Waals surface area contributed by atoms with E-state index in [0.717, 1.165) is 22.5 Å². The van der Waals surface area contributed by atoms with Crippen LogP contribution in [-0.2, 0) is 0 Å². The first-order valence-electron chi connectivity index (χ1n) is 6.30. The zero-order chi connectivity index (χ0) is 14.0. The molecule has 0 aliphatic rings. The Labute approximate surface area is 113 Å². The van der Waals surface area contributed by atoms with Crippen LogP contribution in [0.2, 0.25) is 0 Å². The lowest BCUT2D eigenvalue weighted by molar-refractivity contribution is 0.102. The Morgan fingerprint density at radius 1 is 1.11 bits per heavy atom. The predicted molar refractivity (Wildman–Crippen MR) is 77.6 cm³/mol. The summed E-state index contributed by atoms with van der Waals surface area (Å²) in [6.45, 7) is 7.85. The van der Waals surface area contributed by atoms with Crippen molar-refractivity contribution in [2.45, 2.75) is 27.7 Å². The van der Waals surface area contributed by atoms with Crippen LogP contribution in [0.15, 0.2) is 30.5 Å². The van der Waals surface area contributed by atoms with Crippen LogP contribution in [0.4, 0.5) is 5.69 Å². The molecular formula is C16H18N2O. The molecule has 2 rings (SSSR count). The fraction of sp³-hybridized carbons (Fsp3) is 0.250. The highest BCUT2D eigenvalue weighted by atomic mass is 16.1. The molecule has 1 aromatic heterocycles. The molecule has 3 nitrogen and oxygen atoms in total. The molecular weight excluding hydrogens is 236 g/mol. The molecule has 0 fully saturated rings. The molecule has 0 saturated carbocycles. The molecule has 1 N–H and O–H groups in total. The van der Waals surface area contributed by atoms with Gasteiger partial charge in [-0.1, -0.05) is 17.7 Å². The van der Waals surface area contributed by atoms with Gasteiger partial charge in [0.1, 0.15) is 0 Å². The molecule has 1 aromatic carbocycles. The second-order valence-corrected chi connectivity index (χ2v) is 4.84. The zero-order valence-electron chi connectivity index (χ0n) is 11.7. The highest BCUT2D eigenvalue weighted by molar-refractivity contribution is 6.05.